The summed E-state index contributed by atoms with van der Waals surface area (Å²) in [5.74, 6) is -0.788. The molecule has 2 amide bonds. The van der Waals surface area contributed by atoms with Crippen LogP contribution < -0.4 is 21.1 Å². The molecule has 258 valence electrons. The Morgan fingerprint density at radius 2 is 1.76 bits per heavy atom. The Balaban J connectivity index is 0.903. The second-order valence-electron chi connectivity index (χ2n) is 13.6. The molecule has 50 heavy (non-hydrogen) atoms. The lowest BCUT2D eigenvalue weighted by molar-refractivity contribution is -0.133. The molecule has 0 radical (unpaired) electrons. The summed E-state index contributed by atoms with van der Waals surface area (Å²) < 4.78 is 35.5. The van der Waals surface area contributed by atoms with E-state index in [2.05, 4.69) is 20.5 Å². The number of benzene rings is 3. The lowest BCUT2D eigenvalue weighted by Crippen LogP contribution is -2.47. The van der Waals surface area contributed by atoms with Crippen molar-refractivity contribution in [1.29, 1.82) is 5.26 Å². The highest BCUT2D eigenvalue weighted by atomic mass is 19.1. The number of nitrogen functional groups attached to an aromatic ring is 1. The van der Waals surface area contributed by atoms with Gasteiger partial charge in [-0.25, -0.2) is 13.8 Å². The number of ether oxygens (including phenoxy) is 1. The van der Waals surface area contributed by atoms with Crippen molar-refractivity contribution in [3.63, 3.8) is 0 Å². The molecule has 0 bridgehead atoms. The van der Waals surface area contributed by atoms with Gasteiger partial charge in [-0.05, 0) is 118 Å². The Morgan fingerprint density at radius 1 is 0.960 bits per heavy atom. The zero-order valence-corrected chi connectivity index (χ0v) is 27.6. The largest absolute Gasteiger partial charge is 0.453 e. The van der Waals surface area contributed by atoms with E-state index in [0.29, 0.717) is 40.9 Å². The van der Waals surface area contributed by atoms with Crippen molar-refractivity contribution in [3.8, 4) is 17.6 Å². The normalized spacial score (nSPS) is 21.8. The highest BCUT2D eigenvalue weighted by Gasteiger charge is 2.31. The van der Waals surface area contributed by atoms with Crippen LogP contribution in [0.4, 0.5) is 20.2 Å². The number of nitriles is 1. The Bertz CT molecular complexity index is 1970. The fourth-order valence-corrected chi connectivity index (χ4v) is 7.65. The molecule has 4 N–H and O–H groups in total. The smallest absolute Gasteiger partial charge is 0.249 e. The van der Waals surface area contributed by atoms with Crippen LogP contribution in [0.5, 0.6) is 11.5 Å². The minimum absolute atomic E-state index is 0.0499. The molecule has 1 aromatic heterocycles. The van der Waals surface area contributed by atoms with E-state index in [9.17, 15) is 19.2 Å². The SMILES string of the molecule is N#Cc1c(N)ccc(F)c1Oc1ccc2ncc(CC3CCN(C4CCC(c5ccc(NC6CCC(=O)NC6=O)cc5F)CC4)CC3)nc2c1. The fourth-order valence-electron chi connectivity index (χ4n) is 7.65. The average molecular weight is 680 g/mol. The number of nitrogens with zero attached hydrogens (tertiary/aromatic N) is 4. The lowest BCUT2D eigenvalue weighted by Gasteiger charge is -2.41. The van der Waals surface area contributed by atoms with Crippen LogP contribution in [-0.2, 0) is 16.0 Å². The van der Waals surface area contributed by atoms with E-state index in [-0.39, 0.29) is 47.0 Å². The zero-order valence-electron chi connectivity index (χ0n) is 27.6. The number of anilines is 2. The predicted octanol–water partition coefficient (Wildman–Crippen LogP) is 6.35. The second kappa shape index (κ2) is 14.4. The first-order valence-electron chi connectivity index (χ1n) is 17.3. The third-order valence-electron chi connectivity index (χ3n) is 10.4. The van der Waals surface area contributed by atoms with Gasteiger partial charge in [-0.3, -0.25) is 19.9 Å². The molecule has 1 unspecified atom stereocenters. The molecule has 2 saturated heterocycles. The highest BCUT2D eigenvalue weighted by molar-refractivity contribution is 6.01. The molecule has 3 aliphatic rings. The number of amides is 2. The van der Waals surface area contributed by atoms with Crippen molar-refractivity contribution in [2.24, 2.45) is 5.92 Å². The molecule has 0 spiro atoms. The standard InChI is InChI=1S/C38H39F2N7O3/c39-30-8-9-32(42)29(20-41)37(30)50-27-6-10-33-35(19-27)45-25(21-43-33)17-22-13-15-47(16-14-22)26-4-1-23(2-5-26)28-7-3-24(18-31(28)40)44-34-11-12-36(48)46-38(34)49/h3,6-10,18-19,21-23,26,34,44H,1-2,4-5,11-17,42H2,(H,46,48,49). The second-order valence-corrected chi connectivity index (χ2v) is 13.6. The first-order chi connectivity index (χ1) is 24.2. The lowest BCUT2D eigenvalue weighted by atomic mass is 9.80. The maximum absolute atomic E-state index is 15.2. The fraction of sp³-hybridized carbons (Fsp3) is 0.395. The molecule has 3 aromatic carbocycles. The Morgan fingerprint density at radius 3 is 2.50 bits per heavy atom. The van der Waals surface area contributed by atoms with E-state index in [4.69, 9.17) is 15.5 Å². The number of likely N-dealkylation sites (tertiary alicyclic amines) is 1. The van der Waals surface area contributed by atoms with Crippen molar-refractivity contribution in [2.75, 3.05) is 24.1 Å². The third-order valence-corrected chi connectivity index (χ3v) is 10.4. The number of rotatable bonds is 8. The van der Waals surface area contributed by atoms with Crippen LogP contribution in [0, 0.1) is 28.9 Å². The summed E-state index contributed by atoms with van der Waals surface area (Å²) in [6.45, 7) is 2.03. The van der Waals surface area contributed by atoms with Crippen molar-refractivity contribution in [1.82, 2.24) is 20.2 Å². The van der Waals surface area contributed by atoms with Crippen molar-refractivity contribution in [3.05, 3.63) is 83.2 Å². The first kappa shape index (κ1) is 33.4. The molecule has 2 aliphatic heterocycles. The van der Waals surface area contributed by atoms with Crippen LogP contribution in [0.15, 0.2) is 54.7 Å². The maximum Gasteiger partial charge on any atom is 0.249 e. The number of hydrogen-bond acceptors (Lipinski definition) is 9. The number of aromatic nitrogens is 2. The van der Waals surface area contributed by atoms with Gasteiger partial charge in [-0.15, -0.1) is 0 Å². The quantitative estimate of drug-likeness (QED) is 0.143. The molecule has 1 saturated carbocycles. The summed E-state index contributed by atoms with van der Waals surface area (Å²) >= 11 is 0. The summed E-state index contributed by atoms with van der Waals surface area (Å²) in [5.41, 5.74) is 9.44. The summed E-state index contributed by atoms with van der Waals surface area (Å²) in [7, 11) is 0. The molecule has 1 atom stereocenters. The van der Waals surface area contributed by atoms with Gasteiger partial charge >= 0.3 is 0 Å². The van der Waals surface area contributed by atoms with Crippen LogP contribution >= 0.6 is 0 Å². The molecule has 7 rings (SSSR count). The van der Waals surface area contributed by atoms with Gasteiger partial charge < -0.3 is 20.7 Å². The number of imide groups is 1. The Labute approximate surface area is 289 Å². The minimum Gasteiger partial charge on any atom is -0.453 e. The molecule has 10 nitrogen and oxygen atoms in total. The summed E-state index contributed by atoms with van der Waals surface area (Å²) in [6, 6.07) is 14.7. The van der Waals surface area contributed by atoms with Gasteiger partial charge in [-0.1, -0.05) is 6.07 Å². The van der Waals surface area contributed by atoms with Crippen molar-refractivity contribution in [2.45, 2.75) is 75.8 Å². The Kier molecular flexibility index (Phi) is 9.59. The Hall–Kier alpha value is -5.15. The molecular weight excluding hydrogens is 640 g/mol. The van der Waals surface area contributed by atoms with Gasteiger partial charge in [-0.2, -0.15) is 5.26 Å². The van der Waals surface area contributed by atoms with E-state index >= 15 is 4.39 Å². The third kappa shape index (κ3) is 7.23. The molecule has 12 heteroatoms. The highest BCUT2D eigenvalue weighted by Crippen LogP contribution is 2.38. The monoisotopic (exact) mass is 679 g/mol. The molecule has 1 aliphatic carbocycles. The number of fused-ring (bicyclic) bond motifs is 1. The van der Waals surface area contributed by atoms with E-state index in [1.165, 1.54) is 18.2 Å². The number of nitrogens with one attached hydrogen (secondary N) is 2. The van der Waals surface area contributed by atoms with Crippen LogP contribution in [0.1, 0.15) is 74.1 Å². The van der Waals surface area contributed by atoms with E-state index in [1.807, 2.05) is 24.4 Å². The summed E-state index contributed by atoms with van der Waals surface area (Å²) in [6.07, 6.45) is 9.34. The molecule has 4 aromatic rings. The number of hydrogen-bond donors (Lipinski definition) is 3. The molecule has 3 heterocycles. The molecular formula is C38H39F2N7O3. The van der Waals surface area contributed by atoms with Gasteiger partial charge in [0.15, 0.2) is 11.6 Å². The number of piperidine rings is 2. The number of carbonyl (C=O) groups is 2. The van der Waals surface area contributed by atoms with Crippen molar-refractivity contribution >= 4 is 34.2 Å². The average Bonchev–Trinajstić information content (AvgIpc) is 3.12. The predicted molar refractivity (Wildman–Crippen MR) is 184 cm³/mol. The van der Waals surface area contributed by atoms with Gasteiger partial charge in [0, 0.05) is 30.4 Å². The van der Waals surface area contributed by atoms with Crippen LogP contribution in [0.3, 0.4) is 0 Å². The summed E-state index contributed by atoms with van der Waals surface area (Å²) in [4.78, 5) is 35.5. The van der Waals surface area contributed by atoms with Gasteiger partial charge in [0.2, 0.25) is 11.8 Å². The summed E-state index contributed by atoms with van der Waals surface area (Å²) in [5, 5.41) is 14.8. The van der Waals surface area contributed by atoms with E-state index < -0.39 is 11.9 Å². The zero-order chi connectivity index (χ0) is 34.8. The van der Waals surface area contributed by atoms with Crippen LogP contribution in [-0.4, -0.2) is 51.9 Å². The van der Waals surface area contributed by atoms with Crippen LogP contribution in [0.2, 0.25) is 0 Å². The van der Waals surface area contributed by atoms with Gasteiger partial charge in [0.25, 0.3) is 0 Å². The van der Waals surface area contributed by atoms with Crippen molar-refractivity contribution < 1.29 is 23.1 Å². The number of nitrogens with two attached hydrogens (primary N) is 1. The minimum atomic E-state index is -0.670. The first-order valence-corrected chi connectivity index (χ1v) is 17.3. The number of halogens is 2. The van der Waals surface area contributed by atoms with E-state index in [0.717, 1.165) is 69.3 Å². The topological polar surface area (TPSA) is 146 Å². The van der Waals surface area contributed by atoms with Gasteiger partial charge in [0.1, 0.15) is 29.2 Å². The number of carbonyl (C=O) groups excluding carboxylic acids is 2. The van der Waals surface area contributed by atoms with E-state index in [1.54, 1.807) is 18.2 Å². The van der Waals surface area contributed by atoms with Gasteiger partial charge in [0.05, 0.1) is 22.4 Å². The van der Waals surface area contributed by atoms with Crippen LogP contribution in [0.25, 0.3) is 11.0 Å². The molecule has 3 fully saturated rings. The maximum atomic E-state index is 15.2.